The molecule has 1 atom stereocenters. The molecule has 1 fully saturated rings. The van der Waals surface area contributed by atoms with E-state index in [4.69, 9.17) is 9.47 Å². The number of carbonyl (C=O) groups is 1. The van der Waals surface area contributed by atoms with Gasteiger partial charge in [-0.1, -0.05) is 12.8 Å². The Kier molecular flexibility index (Phi) is 5.92. The first-order chi connectivity index (χ1) is 10.7. The maximum atomic E-state index is 12.4. The van der Waals surface area contributed by atoms with E-state index in [0.29, 0.717) is 0 Å². The fraction of sp³-hybridized carbons (Fsp3) is 0.588. The third-order valence-electron chi connectivity index (χ3n) is 4.14. The quantitative estimate of drug-likeness (QED) is 0.928. The van der Waals surface area contributed by atoms with E-state index < -0.39 is 0 Å². The van der Waals surface area contributed by atoms with Crippen LogP contribution in [0.1, 0.15) is 44.2 Å². The van der Waals surface area contributed by atoms with Crippen LogP contribution in [-0.4, -0.2) is 38.2 Å². The highest BCUT2D eigenvalue weighted by molar-refractivity contribution is 5.75. The Balaban J connectivity index is 2.07. The molecule has 1 aromatic carbocycles. The molecule has 1 saturated heterocycles. The third kappa shape index (κ3) is 4.06. The number of benzene rings is 1. The first-order valence-electron chi connectivity index (χ1n) is 7.93. The van der Waals surface area contributed by atoms with E-state index in [0.717, 1.165) is 43.0 Å². The highest BCUT2D eigenvalue weighted by Crippen LogP contribution is 2.29. The number of amides is 2. The number of methoxy groups -OCH3 is 2. The van der Waals surface area contributed by atoms with E-state index in [1.807, 2.05) is 30.0 Å². The fourth-order valence-electron chi connectivity index (χ4n) is 2.81. The summed E-state index contributed by atoms with van der Waals surface area (Å²) in [5.41, 5.74) is 0.921. The molecule has 122 valence electrons. The zero-order valence-corrected chi connectivity index (χ0v) is 13.7. The Labute approximate surface area is 132 Å². The molecule has 1 N–H and O–H groups in total. The van der Waals surface area contributed by atoms with Crippen molar-refractivity contribution < 1.29 is 14.3 Å². The molecule has 0 radical (unpaired) electrons. The van der Waals surface area contributed by atoms with Crippen molar-refractivity contribution in [3.05, 3.63) is 23.8 Å². The van der Waals surface area contributed by atoms with Crippen LogP contribution >= 0.6 is 0 Å². The van der Waals surface area contributed by atoms with Crippen LogP contribution in [-0.2, 0) is 0 Å². The minimum atomic E-state index is -0.138. The normalized spacial score (nSPS) is 16.6. The van der Waals surface area contributed by atoms with E-state index in [1.165, 1.54) is 12.8 Å². The SMILES string of the molecule is COc1ccc(OC)c(C(C)NC(=O)N2CCCCCC2)c1. The van der Waals surface area contributed by atoms with Crippen LogP contribution < -0.4 is 14.8 Å². The van der Waals surface area contributed by atoms with E-state index >= 15 is 0 Å². The molecule has 1 aliphatic rings. The maximum Gasteiger partial charge on any atom is 0.317 e. The lowest BCUT2D eigenvalue weighted by Crippen LogP contribution is -2.41. The number of hydrogen-bond acceptors (Lipinski definition) is 3. The highest BCUT2D eigenvalue weighted by atomic mass is 16.5. The number of nitrogens with zero attached hydrogens (tertiary/aromatic N) is 1. The van der Waals surface area contributed by atoms with Crippen molar-refractivity contribution in [2.75, 3.05) is 27.3 Å². The van der Waals surface area contributed by atoms with Gasteiger partial charge in [0.1, 0.15) is 11.5 Å². The molecule has 0 saturated carbocycles. The average molecular weight is 306 g/mol. The van der Waals surface area contributed by atoms with Crippen molar-refractivity contribution >= 4 is 6.03 Å². The van der Waals surface area contributed by atoms with Crippen LogP contribution in [0.2, 0.25) is 0 Å². The third-order valence-corrected chi connectivity index (χ3v) is 4.14. The van der Waals surface area contributed by atoms with Crippen molar-refractivity contribution in [3.8, 4) is 11.5 Å². The summed E-state index contributed by atoms with van der Waals surface area (Å²) in [5, 5.41) is 3.07. The first-order valence-corrected chi connectivity index (χ1v) is 7.93. The number of likely N-dealkylation sites (tertiary alicyclic amines) is 1. The van der Waals surface area contributed by atoms with Crippen molar-refractivity contribution in [3.63, 3.8) is 0 Å². The van der Waals surface area contributed by atoms with Gasteiger partial charge in [0.15, 0.2) is 0 Å². The van der Waals surface area contributed by atoms with E-state index in [2.05, 4.69) is 5.32 Å². The molecule has 5 heteroatoms. The van der Waals surface area contributed by atoms with Gasteiger partial charge in [-0.15, -0.1) is 0 Å². The minimum absolute atomic E-state index is 0.000673. The summed E-state index contributed by atoms with van der Waals surface area (Å²) < 4.78 is 10.7. The predicted octanol–water partition coefficient (Wildman–Crippen LogP) is 3.35. The maximum absolute atomic E-state index is 12.4. The molecule has 1 unspecified atom stereocenters. The van der Waals surface area contributed by atoms with Crippen LogP contribution in [0.5, 0.6) is 11.5 Å². The standard InChI is InChI=1S/C17H26N2O3/c1-13(15-12-14(21-2)8-9-16(15)22-3)18-17(20)19-10-6-4-5-7-11-19/h8-9,12-13H,4-7,10-11H2,1-3H3,(H,18,20). The van der Waals surface area contributed by atoms with Gasteiger partial charge in [0, 0.05) is 18.7 Å². The smallest absolute Gasteiger partial charge is 0.317 e. The van der Waals surface area contributed by atoms with E-state index in [1.54, 1.807) is 14.2 Å². The van der Waals surface area contributed by atoms with Gasteiger partial charge in [-0.2, -0.15) is 0 Å². The molecular weight excluding hydrogens is 280 g/mol. The second-order valence-corrected chi connectivity index (χ2v) is 5.68. The largest absolute Gasteiger partial charge is 0.497 e. The van der Waals surface area contributed by atoms with Gasteiger partial charge in [-0.05, 0) is 38.0 Å². The van der Waals surface area contributed by atoms with Crippen molar-refractivity contribution in [2.24, 2.45) is 0 Å². The molecule has 2 amide bonds. The molecule has 2 rings (SSSR count). The molecule has 5 nitrogen and oxygen atoms in total. The Bertz CT molecular complexity index is 497. The van der Waals surface area contributed by atoms with Crippen molar-refractivity contribution in [1.82, 2.24) is 10.2 Å². The van der Waals surface area contributed by atoms with Gasteiger partial charge >= 0.3 is 6.03 Å². The first kappa shape index (κ1) is 16.5. The topological polar surface area (TPSA) is 50.8 Å². The number of hydrogen-bond donors (Lipinski definition) is 1. The molecule has 0 aromatic heterocycles. The van der Waals surface area contributed by atoms with Crippen molar-refractivity contribution in [1.29, 1.82) is 0 Å². The van der Waals surface area contributed by atoms with E-state index in [-0.39, 0.29) is 12.1 Å². The van der Waals surface area contributed by atoms with Gasteiger partial charge < -0.3 is 19.7 Å². The van der Waals surface area contributed by atoms with Crippen LogP contribution in [0, 0.1) is 0 Å². The fourth-order valence-corrected chi connectivity index (χ4v) is 2.81. The van der Waals surface area contributed by atoms with Gasteiger partial charge in [0.2, 0.25) is 0 Å². The van der Waals surface area contributed by atoms with Crippen LogP contribution in [0.15, 0.2) is 18.2 Å². The summed E-state index contributed by atoms with van der Waals surface area (Å²) in [5.74, 6) is 1.51. The van der Waals surface area contributed by atoms with Gasteiger partial charge in [-0.3, -0.25) is 0 Å². The molecule has 22 heavy (non-hydrogen) atoms. The van der Waals surface area contributed by atoms with Crippen LogP contribution in [0.4, 0.5) is 4.79 Å². The summed E-state index contributed by atoms with van der Waals surface area (Å²) in [6.07, 6.45) is 4.60. The van der Waals surface area contributed by atoms with Gasteiger partial charge in [0.05, 0.1) is 20.3 Å². The Morgan fingerprint density at radius 1 is 1.14 bits per heavy atom. The molecule has 1 aliphatic heterocycles. The van der Waals surface area contributed by atoms with Crippen molar-refractivity contribution in [2.45, 2.75) is 38.6 Å². The monoisotopic (exact) mass is 306 g/mol. The highest BCUT2D eigenvalue weighted by Gasteiger charge is 2.20. The number of urea groups is 1. The van der Waals surface area contributed by atoms with Gasteiger partial charge in [-0.25, -0.2) is 4.79 Å². The van der Waals surface area contributed by atoms with E-state index in [9.17, 15) is 4.79 Å². The minimum Gasteiger partial charge on any atom is -0.497 e. The molecule has 0 bridgehead atoms. The Hall–Kier alpha value is -1.91. The summed E-state index contributed by atoms with van der Waals surface area (Å²) in [6.45, 7) is 3.65. The molecule has 1 aromatic rings. The summed E-state index contributed by atoms with van der Waals surface area (Å²) in [4.78, 5) is 14.3. The molecule has 0 aliphatic carbocycles. The summed E-state index contributed by atoms with van der Waals surface area (Å²) in [6, 6.07) is 5.49. The zero-order valence-electron chi connectivity index (χ0n) is 13.7. The lowest BCUT2D eigenvalue weighted by atomic mass is 10.1. The lowest BCUT2D eigenvalue weighted by molar-refractivity contribution is 0.196. The Morgan fingerprint density at radius 2 is 1.82 bits per heavy atom. The number of carbonyl (C=O) groups excluding carboxylic acids is 1. The van der Waals surface area contributed by atoms with Gasteiger partial charge in [0.25, 0.3) is 0 Å². The predicted molar refractivity (Wildman–Crippen MR) is 86.5 cm³/mol. The number of rotatable bonds is 4. The summed E-state index contributed by atoms with van der Waals surface area (Å²) in [7, 11) is 3.26. The van der Waals surface area contributed by atoms with Crippen LogP contribution in [0.25, 0.3) is 0 Å². The summed E-state index contributed by atoms with van der Waals surface area (Å²) >= 11 is 0. The molecular formula is C17H26N2O3. The average Bonchev–Trinajstić information content (AvgIpc) is 2.83. The number of ether oxygens (including phenoxy) is 2. The molecule has 1 heterocycles. The lowest BCUT2D eigenvalue weighted by Gasteiger charge is -2.24. The number of nitrogens with one attached hydrogen (secondary N) is 1. The zero-order chi connectivity index (χ0) is 15.9. The second kappa shape index (κ2) is 7.92. The Morgan fingerprint density at radius 3 is 2.41 bits per heavy atom. The van der Waals surface area contributed by atoms with Crippen LogP contribution in [0.3, 0.4) is 0 Å². The molecule has 0 spiro atoms. The second-order valence-electron chi connectivity index (χ2n) is 5.68.